The van der Waals surface area contributed by atoms with Gasteiger partial charge < -0.3 is 9.84 Å². The van der Waals surface area contributed by atoms with Crippen LogP contribution in [0.5, 0.6) is 5.75 Å². The predicted octanol–water partition coefficient (Wildman–Crippen LogP) is 4.61. The Balaban J connectivity index is 2.01. The van der Waals surface area contributed by atoms with Crippen molar-refractivity contribution in [1.82, 2.24) is 0 Å². The molecule has 1 saturated heterocycles. The van der Waals surface area contributed by atoms with Gasteiger partial charge in [0, 0.05) is 0 Å². The fraction of sp³-hybridized carbons (Fsp3) is 0.278. The van der Waals surface area contributed by atoms with Gasteiger partial charge in [-0.1, -0.05) is 42.5 Å². The second kappa shape index (κ2) is 6.99. The Labute approximate surface area is 140 Å². The third kappa shape index (κ3) is 3.00. The molecule has 1 aliphatic heterocycles. The molecule has 0 bridgehead atoms. The first-order chi connectivity index (χ1) is 10.8. The van der Waals surface area contributed by atoms with E-state index in [1.807, 2.05) is 66.0 Å². The molecule has 1 N–H and O–H groups in total. The smallest absolute Gasteiger partial charge is 0.122 e. The van der Waals surface area contributed by atoms with Gasteiger partial charge in [0.25, 0.3) is 0 Å². The lowest BCUT2D eigenvalue weighted by Crippen LogP contribution is -2.30. The molecule has 0 aliphatic carbocycles. The predicted molar refractivity (Wildman–Crippen MR) is 95.0 cm³/mol. The second-order valence-corrected chi connectivity index (χ2v) is 8.14. The van der Waals surface area contributed by atoms with Crippen molar-refractivity contribution in [3.8, 4) is 5.75 Å². The molecule has 1 heterocycles. The Morgan fingerprint density at radius 1 is 1.05 bits per heavy atom. The molecule has 0 spiro atoms. The molecule has 1 radical (unpaired) electrons. The Morgan fingerprint density at radius 2 is 1.77 bits per heavy atom. The first-order valence-corrected chi connectivity index (χ1v) is 9.27. The van der Waals surface area contributed by atoms with E-state index in [1.165, 1.54) is 6.42 Å². The Morgan fingerprint density at radius 3 is 2.45 bits per heavy atom. The highest BCUT2D eigenvalue weighted by Crippen LogP contribution is 2.57. The summed E-state index contributed by atoms with van der Waals surface area (Å²) >= 11 is 3.67. The number of benzene rings is 2. The molecule has 2 aromatic rings. The van der Waals surface area contributed by atoms with E-state index in [2.05, 4.69) is 19.2 Å². The molecule has 0 saturated carbocycles. The molecule has 1 atom stereocenters. The van der Waals surface area contributed by atoms with E-state index < -0.39 is 6.10 Å². The van der Waals surface area contributed by atoms with Crippen LogP contribution in [0.3, 0.4) is 0 Å². The second-order valence-electron chi connectivity index (χ2n) is 5.20. The Kier molecular flexibility index (Phi) is 5.01. The third-order valence-corrected chi connectivity index (χ3v) is 7.27. The highest BCUT2D eigenvalue weighted by Gasteiger charge is 2.43. The van der Waals surface area contributed by atoms with Crippen molar-refractivity contribution in [2.45, 2.75) is 16.6 Å². The van der Waals surface area contributed by atoms with Gasteiger partial charge in [0.1, 0.15) is 23.0 Å². The largest absolute Gasteiger partial charge is 0.490 e. The average Bonchev–Trinajstić information content (AvgIpc) is 2.62. The van der Waals surface area contributed by atoms with Gasteiger partial charge >= 0.3 is 0 Å². The number of hydrogen-bond acceptors (Lipinski definition) is 4. The molecule has 4 heteroatoms. The van der Waals surface area contributed by atoms with Crippen molar-refractivity contribution in [3.05, 3.63) is 72.8 Å². The van der Waals surface area contributed by atoms with Gasteiger partial charge in [0.05, 0.1) is 0 Å². The summed E-state index contributed by atoms with van der Waals surface area (Å²) in [6, 6.07) is 17.9. The highest BCUT2D eigenvalue weighted by molar-refractivity contribution is 8.18. The molecule has 0 amide bonds. The van der Waals surface area contributed by atoms with Crippen LogP contribution in [-0.2, 0) is 4.08 Å². The SMILES string of the molecule is [CH2]Oc1cccc(C(O)C2(c3ccccc3)SCCCS2)c1. The van der Waals surface area contributed by atoms with E-state index in [0.717, 1.165) is 22.6 Å². The summed E-state index contributed by atoms with van der Waals surface area (Å²) in [6.45, 7) is 0. The first kappa shape index (κ1) is 15.8. The van der Waals surface area contributed by atoms with Crippen molar-refractivity contribution in [2.24, 2.45) is 0 Å². The quantitative estimate of drug-likeness (QED) is 0.886. The van der Waals surface area contributed by atoms with Crippen LogP contribution in [0.25, 0.3) is 0 Å². The molecular formula is C18H19O2S2. The van der Waals surface area contributed by atoms with Gasteiger partial charge in [-0.25, -0.2) is 0 Å². The van der Waals surface area contributed by atoms with Gasteiger partial charge in [-0.15, -0.1) is 23.5 Å². The van der Waals surface area contributed by atoms with E-state index in [9.17, 15) is 5.11 Å². The normalized spacial score (nSPS) is 18.6. The van der Waals surface area contributed by atoms with Crippen LogP contribution in [0.4, 0.5) is 0 Å². The Hall–Kier alpha value is -1.10. The maximum atomic E-state index is 11.2. The summed E-state index contributed by atoms with van der Waals surface area (Å²) in [5, 5.41) is 11.2. The van der Waals surface area contributed by atoms with Gasteiger partial charge in [-0.05, 0) is 41.2 Å². The highest BCUT2D eigenvalue weighted by atomic mass is 32.2. The van der Waals surface area contributed by atoms with Crippen LogP contribution >= 0.6 is 23.5 Å². The number of thioether (sulfide) groups is 2. The minimum absolute atomic E-state index is 0.362. The van der Waals surface area contributed by atoms with E-state index in [4.69, 9.17) is 4.74 Å². The number of aliphatic hydroxyl groups excluding tert-OH is 1. The van der Waals surface area contributed by atoms with Crippen LogP contribution in [0.1, 0.15) is 23.7 Å². The third-order valence-electron chi connectivity index (χ3n) is 3.80. The molecule has 0 aromatic heterocycles. The lowest BCUT2D eigenvalue weighted by atomic mass is 10.00. The molecule has 1 fully saturated rings. The molecule has 115 valence electrons. The summed E-state index contributed by atoms with van der Waals surface area (Å²) in [5.74, 6) is 2.79. The van der Waals surface area contributed by atoms with Gasteiger partial charge in [0.15, 0.2) is 0 Å². The van der Waals surface area contributed by atoms with Gasteiger partial charge in [-0.3, -0.25) is 0 Å². The van der Waals surface area contributed by atoms with Gasteiger partial charge in [0.2, 0.25) is 0 Å². The van der Waals surface area contributed by atoms with Crippen LogP contribution in [0, 0.1) is 7.11 Å². The summed E-state index contributed by atoms with van der Waals surface area (Å²) < 4.78 is 4.69. The Bertz CT molecular complexity index is 609. The summed E-state index contributed by atoms with van der Waals surface area (Å²) in [7, 11) is 3.45. The fourth-order valence-electron chi connectivity index (χ4n) is 2.69. The van der Waals surface area contributed by atoms with E-state index in [-0.39, 0.29) is 4.08 Å². The lowest BCUT2D eigenvalue weighted by Gasteiger charge is -2.40. The molecule has 22 heavy (non-hydrogen) atoms. The topological polar surface area (TPSA) is 29.5 Å². The van der Waals surface area contributed by atoms with E-state index >= 15 is 0 Å². The summed E-state index contributed by atoms with van der Waals surface area (Å²) in [4.78, 5) is 0. The van der Waals surface area contributed by atoms with E-state index in [0.29, 0.717) is 5.75 Å². The van der Waals surface area contributed by atoms with Crippen LogP contribution in [0.15, 0.2) is 54.6 Å². The van der Waals surface area contributed by atoms with Crippen molar-refractivity contribution in [1.29, 1.82) is 0 Å². The van der Waals surface area contributed by atoms with Crippen molar-refractivity contribution >= 4 is 23.5 Å². The number of hydrogen-bond donors (Lipinski definition) is 1. The maximum Gasteiger partial charge on any atom is 0.122 e. The maximum absolute atomic E-state index is 11.2. The minimum Gasteiger partial charge on any atom is -0.490 e. The average molecular weight is 331 g/mol. The van der Waals surface area contributed by atoms with Crippen molar-refractivity contribution in [2.75, 3.05) is 11.5 Å². The molecule has 1 unspecified atom stereocenters. The van der Waals surface area contributed by atoms with Crippen molar-refractivity contribution in [3.63, 3.8) is 0 Å². The zero-order valence-electron chi connectivity index (χ0n) is 12.3. The lowest BCUT2D eigenvalue weighted by molar-refractivity contribution is 0.163. The summed E-state index contributed by atoms with van der Waals surface area (Å²) in [6.07, 6.45) is 0.582. The number of ether oxygens (including phenoxy) is 1. The molecular weight excluding hydrogens is 312 g/mol. The molecule has 1 aliphatic rings. The van der Waals surface area contributed by atoms with Crippen LogP contribution in [0.2, 0.25) is 0 Å². The zero-order valence-corrected chi connectivity index (χ0v) is 13.9. The van der Waals surface area contributed by atoms with Crippen LogP contribution < -0.4 is 4.74 Å². The zero-order chi connectivity index (χ0) is 15.4. The summed E-state index contributed by atoms with van der Waals surface area (Å²) in [5.41, 5.74) is 2.03. The fourth-order valence-corrected chi connectivity index (χ4v) is 6.09. The van der Waals surface area contributed by atoms with Gasteiger partial charge in [-0.2, -0.15) is 0 Å². The van der Waals surface area contributed by atoms with E-state index in [1.54, 1.807) is 0 Å². The van der Waals surface area contributed by atoms with Crippen LogP contribution in [-0.4, -0.2) is 16.6 Å². The first-order valence-electron chi connectivity index (χ1n) is 7.30. The standard InChI is InChI=1S/C18H19O2S2/c1-20-16-10-5-7-14(13-16)17(19)18(21-11-6-12-22-18)15-8-3-2-4-9-15/h2-5,7-10,13,17,19H,1,6,11-12H2. The molecule has 3 rings (SSSR count). The number of aliphatic hydroxyl groups is 1. The molecule has 2 aromatic carbocycles. The minimum atomic E-state index is -0.597. The van der Waals surface area contributed by atoms with Crippen molar-refractivity contribution < 1.29 is 9.84 Å². The molecule has 2 nitrogen and oxygen atoms in total. The number of rotatable bonds is 4. The monoisotopic (exact) mass is 331 g/mol.